The molecule has 1 heterocycles. The van der Waals surface area contributed by atoms with Crippen LogP contribution in [0.25, 0.3) is 0 Å². The molecule has 8 nitrogen and oxygen atoms in total. The lowest BCUT2D eigenvalue weighted by Gasteiger charge is -2.34. The predicted molar refractivity (Wildman–Crippen MR) is 149 cm³/mol. The third kappa shape index (κ3) is 7.78. The molecule has 212 valence electrons. The summed E-state index contributed by atoms with van der Waals surface area (Å²) in [6.45, 7) is 1.42. The number of nitrogens with zero attached hydrogens (tertiary/aromatic N) is 3. The molecule has 2 aromatic carbocycles. The van der Waals surface area contributed by atoms with Gasteiger partial charge in [0.15, 0.2) is 0 Å². The van der Waals surface area contributed by atoms with Crippen molar-refractivity contribution in [3.8, 4) is 6.07 Å². The maximum Gasteiger partial charge on any atom is 0.265 e. The summed E-state index contributed by atoms with van der Waals surface area (Å²) in [5.74, 6) is -1.53. The second kappa shape index (κ2) is 13.9. The molecule has 1 saturated carbocycles. The standard InChI is InChI=1S/C23H33FN4O4S.C6H6/c1-27(2)13-9-18-8-7-12-28(18)21-17(16-25)14-19(15-20(21)24)33(30,31)26-22(29)23(32-3)10-5-4-6-11-23;1-2-4-6-5-3-1/h14-15,18H,4-13H2,1-3H3,(H,26,29);1-6H/t18-;/m0./s1. The van der Waals surface area contributed by atoms with E-state index in [1.807, 2.05) is 61.5 Å². The molecular weight excluding hydrogens is 519 g/mol. The van der Waals surface area contributed by atoms with Crippen LogP contribution in [0.2, 0.25) is 0 Å². The Kier molecular flexibility index (Phi) is 10.9. The fourth-order valence-electron chi connectivity index (χ4n) is 5.25. The summed E-state index contributed by atoms with van der Waals surface area (Å²) in [7, 11) is 0.944. The van der Waals surface area contributed by atoms with Gasteiger partial charge >= 0.3 is 0 Å². The molecule has 0 spiro atoms. The summed E-state index contributed by atoms with van der Waals surface area (Å²) >= 11 is 0. The van der Waals surface area contributed by atoms with Crippen molar-refractivity contribution < 1.29 is 22.3 Å². The summed E-state index contributed by atoms with van der Waals surface area (Å²) in [6.07, 6.45) is 5.88. The summed E-state index contributed by atoms with van der Waals surface area (Å²) < 4.78 is 48.7. The molecule has 2 fully saturated rings. The van der Waals surface area contributed by atoms with Crippen molar-refractivity contribution in [1.29, 1.82) is 5.26 Å². The molecule has 10 heteroatoms. The van der Waals surface area contributed by atoms with E-state index in [2.05, 4.69) is 9.62 Å². The van der Waals surface area contributed by atoms with Crippen molar-refractivity contribution in [2.75, 3.05) is 39.2 Å². The maximum atomic E-state index is 15.3. The number of nitrogens with one attached hydrogen (secondary N) is 1. The number of carbonyl (C=O) groups excluding carboxylic acids is 1. The molecule has 39 heavy (non-hydrogen) atoms. The number of ether oxygens (including phenoxy) is 1. The molecule has 4 rings (SSSR count). The van der Waals surface area contributed by atoms with Crippen molar-refractivity contribution in [2.24, 2.45) is 0 Å². The minimum atomic E-state index is -4.38. The highest BCUT2D eigenvalue weighted by Gasteiger charge is 2.42. The summed E-state index contributed by atoms with van der Waals surface area (Å²) in [6, 6.07) is 16.1. The molecule has 2 aromatic rings. The Morgan fingerprint density at radius 2 is 1.74 bits per heavy atom. The first-order valence-corrected chi connectivity index (χ1v) is 14.9. The van der Waals surface area contributed by atoms with Gasteiger partial charge in [0.25, 0.3) is 15.9 Å². The van der Waals surface area contributed by atoms with Crippen LogP contribution in [-0.2, 0) is 19.6 Å². The number of nitriles is 1. The molecule has 0 unspecified atom stereocenters. The first kappa shape index (κ1) is 30.5. The van der Waals surface area contributed by atoms with Crippen LogP contribution in [0.1, 0.15) is 56.9 Å². The Bertz CT molecular complexity index is 1220. The number of amides is 1. The Balaban J connectivity index is 0.000000617. The molecule has 0 aromatic heterocycles. The number of benzene rings is 2. The zero-order valence-electron chi connectivity index (χ0n) is 23.0. The number of halogens is 1. The van der Waals surface area contributed by atoms with Crippen molar-refractivity contribution in [3.05, 3.63) is 59.9 Å². The Morgan fingerprint density at radius 3 is 2.28 bits per heavy atom. The highest BCUT2D eigenvalue weighted by Crippen LogP contribution is 2.35. The molecule has 1 aliphatic heterocycles. The van der Waals surface area contributed by atoms with Gasteiger partial charge in [0.05, 0.1) is 16.1 Å². The number of hydrogen-bond donors (Lipinski definition) is 1. The van der Waals surface area contributed by atoms with Gasteiger partial charge in [-0.3, -0.25) is 4.79 Å². The second-order valence-electron chi connectivity index (χ2n) is 10.3. The molecule has 1 aliphatic carbocycles. The van der Waals surface area contributed by atoms with Crippen molar-refractivity contribution in [2.45, 2.75) is 67.9 Å². The van der Waals surface area contributed by atoms with E-state index in [-0.39, 0.29) is 17.3 Å². The molecule has 2 aliphatic rings. The number of carbonyl (C=O) groups is 1. The maximum absolute atomic E-state index is 15.3. The van der Waals surface area contributed by atoms with E-state index < -0.39 is 32.2 Å². The smallest absolute Gasteiger partial charge is 0.265 e. The molecule has 1 saturated heterocycles. The third-order valence-corrected chi connectivity index (χ3v) is 8.71. The summed E-state index contributed by atoms with van der Waals surface area (Å²) in [5.41, 5.74) is -1.14. The Labute approximate surface area is 231 Å². The van der Waals surface area contributed by atoms with E-state index in [1.54, 1.807) is 0 Å². The van der Waals surface area contributed by atoms with Crippen LogP contribution in [0.4, 0.5) is 10.1 Å². The Hall–Kier alpha value is -3.00. The molecule has 1 amide bonds. The zero-order valence-corrected chi connectivity index (χ0v) is 23.8. The zero-order chi connectivity index (χ0) is 28.5. The molecule has 0 bridgehead atoms. The highest BCUT2D eigenvalue weighted by molar-refractivity contribution is 7.90. The lowest BCUT2D eigenvalue weighted by Crippen LogP contribution is -2.51. The van der Waals surface area contributed by atoms with Crippen molar-refractivity contribution in [1.82, 2.24) is 9.62 Å². The normalized spacial score (nSPS) is 18.7. The quantitative estimate of drug-likeness (QED) is 0.510. The fraction of sp³-hybridized carbons (Fsp3) is 0.517. The van der Waals surface area contributed by atoms with Crippen LogP contribution in [0.5, 0.6) is 0 Å². The van der Waals surface area contributed by atoms with Gasteiger partial charge in [0.1, 0.15) is 17.5 Å². The Morgan fingerprint density at radius 1 is 1.13 bits per heavy atom. The van der Waals surface area contributed by atoms with Crippen molar-refractivity contribution in [3.63, 3.8) is 0 Å². The molecular formula is C29H39FN4O4S. The minimum Gasteiger partial charge on any atom is -0.368 e. The van der Waals surface area contributed by atoms with Crippen LogP contribution >= 0.6 is 0 Å². The SMILES string of the molecule is COC1(C(=O)NS(=O)(=O)c2cc(F)c(N3CCC[C@H]3CCN(C)C)c(C#N)c2)CCCCC1.c1ccccc1. The van der Waals surface area contributed by atoms with Crippen LogP contribution in [-0.4, -0.2) is 65.2 Å². The lowest BCUT2D eigenvalue weighted by atomic mass is 9.84. The topological polar surface area (TPSA) is 103 Å². The minimum absolute atomic E-state index is 0.0568. The monoisotopic (exact) mass is 558 g/mol. The number of hydrogen-bond acceptors (Lipinski definition) is 7. The molecule has 0 radical (unpaired) electrons. The fourth-order valence-corrected chi connectivity index (χ4v) is 6.33. The van der Waals surface area contributed by atoms with Gasteiger partial charge in [-0.05, 0) is 64.9 Å². The third-order valence-electron chi connectivity index (χ3n) is 7.40. The van der Waals surface area contributed by atoms with Crippen molar-refractivity contribution >= 4 is 21.6 Å². The van der Waals surface area contributed by atoms with E-state index in [0.717, 1.165) is 57.2 Å². The van der Waals surface area contributed by atoms with Gasteiger partial charge in [-0.2, -0.15) is 5.26 Å². The first-order valence-electron chi connectivity index (χ1n) is 13.4. The van der Waals surface area contributed by atoms with Crippen LogP contribution < -0.4 is 9.62 Å². The van der Waals surface area contributed by atoms with Gasteiger partial charge in [-0.15, -0.1) is 0 Å². The van der Waals surface area contributed by atoms with Gasteiger partial charge < -0.3 is 14.5 Å². The number of sulfonamides is 1. The highest BCUT2D eigenvalue weighted by atomic mass is 32.2. The molecule has 1 N–H and O–H groups in total. The van der Waals surface area contributed by atoms with Crippen LogP contribution in [0, 0.1) is 17.1 Å². The summed E-state index contributed by atoms with van der Waals surface area (Å²) in [5, 5.41) is 9.71. The number of methoxy groups -OCH3 is 1. The van der Waals surface area contributed by atoms with E-state index in [9.17, 15) is 18.5 Å². The first-order chi connectivity index (χ1) is 18.6. The molecule has 1 atom stereocenters. The second-order valence-corrected chi connectivity index (χ2v) is 12.0. The van der Waals surface area contributed by atoms with Gasteiger partial charge in [-0.25, -0.2) is 17.5 Å². The van der Waals surface area contributed by atoms with E-state index in [4.69, 9.17) is 4.74 Å². The largest absolute Gasteiger partial charge is 0.368 e. The van der Waals surface area contributed by atoms with Gasteiger partial charge in [-0.1, -0.05) is 55.7 Å². The number of rotatable bonds is 8. The van der Waals surface area contributed by atoms with Crippen LogP contribution in [0.3, 0.4) is 0 Å². The van der Waals surface area contributed by atoms with E-state index in [0.29, 0.717) is 19.4 Å². The average molecular weight is 559 g/mol. The average Bonchev–Trinajstić information content (AvgIpc) is 3.40. The van der Waals surface area contributed by atoms with Gasteiger partial charge in [0, 0.05) is 19.7 Å². The van der Waals surface area contributed by atoms with E-state index in [1.165, 1.54) is 7.11 Å². The van der Waals surface area contributed by atoms with Gasteiger partial charge in [0.2, 0.25) is 0 Å². The lowest BCUT2D eigenvalue weighted by molar-refractivity contribution is -0.145. The van der Waals surface area contributed by atoms with Crippen LogP contribution in [0.15, 0.2) is 53.4 Å². The van der Waals surface area contributed by atoms with E-state index >= 15 is 4.39 Å². The summed E-state index contributed by atoms with van der Waals surface area (Å²) in [4.78, 5) is 16.3. The predicted octanol–water partition coefficient (Wildman–Crippen LogP) is 4.46. The number of anilines is 1.